The number of fused-ring (bicyclic) bond motifs is 1. The van der Waals surface area contributed by atoms with Gasteiger partial charge in [-0.25, -0.2) is 0 Å². The van der Waals surface area contributed by atoms with Gasteiger partial charge in [-0.1, -0.05) is 31.1 Å². The van der Waals surface area contributed by atoms with Crippen LogP contribution in [-0.4, -0.2) is 54.2 Å². The molecule has 1 saturated heterocycles. The molecule has 0 spiro atoms. The minimum Gasteiger partial charge on any atom is -0.507 e. The van der Waals surface area contributed by atoms with E-state index in [2.05, 4.69) is 41.9 Å². The van der Waals surface area contributed by atoms with Crippen LogP contribution in [0.25, 0.3) is 33.7 Å². The van der Waals surface area contributed by atoms with Crippen LogP contribution in [0.15, 0.2) is 65.3 Å². The van der Waals surface area contributed by atoms with Gasteiger partial charge in [0.2, 0.25) is 0 Å². The highest BCUT2D eigenvalue weighted by atomic mass is 16.5. The van der Waals surface area contributed by atoms with E-state index in [1.807, 2.05) is 38.1 Å². The topological polar surface area (TPSA) is 130 Å². The zero-order valence-corrected chi connectivity index (χ0v) is 23.5. The predicted molar refractivity (Wildman–Crippen MR) is 157 cm³/mol. The number of benzene rings is 1. The van der Waals surface area contributed by atoms with Gasteiger partial charge >= 0.3 is 5.97 Å². The lowest BCUT2D eigenvalue weighted by Crippen LogP contribution is -2.20. The molecule has 1 unspecified atom stereocenters. The monoisotopic (exact) mass is 564 g/mol. The van der Waals surface area contributed by atoms with E-state index in [1.54, 1.807) is 24.4 Å². The zero-order chi connectivity index (χ0) is 29.0. The Hall–Kier alpha value is -4.73. The van der Waals surface area contributed by atoms with Crippen LogP contribution >= 0.6 is 0 Å². The van der Waals surface area contributed by atoms with Crippen molar-refractivity contribution in [2.75, 3.05) is 18.0 Å². The van der Waals surface area contributed by atoms with Crippen molar-refractivity contribution in [1.82, 2.24) is 24.9 Å². The van der Waals surface area contributed by atoms with Gasteiger partial charge in [0.1, 0.15) is 22.9 Å². The summed E-state index contributed by atoms with van der Waals surface area (Å²) < 4.78 is 7.89. The summed E-state index contributed by atoms with van der Waals surface area (Å²) in [6, 6.07) is 17.6. The minimum absolute atomic E-state index is 0.126. The molecule has 2 atom stereocenters. The number of aliphatic carboxylic acids is 1. The average molecular weight is 565 g/mol. The first-order valence-electron chi connectivity index (χ1n) is 14.4. The van der Waals surface area contributed by atoms with Gasteiger partial charge < -0.3 is 24.2 Å². The summed E-state index contributed by atoms with van der Waals surface area (Å²) >= 11 is 0. The smallest absolute Gasteiger partial charge is 0.314 e. The number of hydrogen-bond acceptors (Lipinski definition) is 8. The van der Waals surface area contributed by atoms with Crippen molar-refractivity contribution in [3.05, 3.63) is 72.2 Å². The van der Waals surface area contributed by atoms with Crippen LogP contribution in [0, 0.1) is 5.92 Å². The Morgan fingerprint density at radius 3 is 2.60 bits per heavy atom. The molecule has 2 aliphatic rings. The maximum atomic E-state index is 11.8. The highest BCUT2D eigenvalue weighted by Crippen LogP contribution is 2.44. The summed E-state index contributed by atoms with van der Waals surface area (Å²) in [6.07, 6.45) is 5.06. The number of phenols is 1. The molecule has 5 aromatic rings. The molecular formula is C32H32N6O4. The number of hydrogen-bond donors (Lipinski definition) is 2. The molecule has 1 aliphatic heterocycles. The van der Waals surface area contributed by atoms with Crippen molar-refractivity contribution in [3.8, 4) is 28.4 Å². The summed E-state index contributed by atoms with van der Waals surface area (Å²) in [6.45, 7) is 5.45. The van der Waals surface area contributed by atoms with Crippen molar-refractivity contribution >= 4 is 22.7 Å². The Kier molecular flexibility index (Phi) is 6.41. The second-order valence-corrected chi connectivity index (χ2v) is 11.7. The fraction of sp³-hybridized carbons (Fsp3) is 0.344. The SMILES string of the molecule is CC(C)C(C(=O)O)c1cc(-c2cc(N3CC[C@@H](c4cc5nnc(-c6ccccc6O)cc5n4C4CC4)C3)ccn2)no1. The second-order valence-electron chi connectivity index (χ2n) is 11.7. The average Bonchev–Trinajstić information content (AvgIpc) is 3.34. The largest absolute Gasteiger partial charge is 0.507 e. The van der Waals surface area contributed by atoms with E-state index < -0.39 is 11.9 Å². The van der Waals surface area contributed by atoms with Crippen molar-refractivity contribution in [2.45, 2.75) is 51.0 Å². The molecule has 4 aromatic heterocycles. The van der Waals surface area contributed by atoms with Crippen molar-refractivity contribution < 1.29 is 19.5 Å². The number of carbonyl (C=O) groups is 1. The third-order valence-electron chi connectivity index (χ3n) is 8.46. The molecule has 10 heteroatoms. The maximum absolute atomic E-state index is 11.8. The number of rotatable bonds is 8. The van der Waals surface area contributed by atoms with Crippen LogP contribution in [0.1, 0.15) is 62.4 Å². The molecule has 1 saturated carbocycles. The van der Waals surface area contributed by atoms with Gasteiger partial charge in [-0.2, -0.15) is 0 Å². The summed E-state index contributed by atoms with van der Waals surface area (Å²) in [5, 5.41) is 33.2. The number of aromatic hydroxyl groups is 1. The summed E-state index contributed by atoms with van der Waals surface area (Å²) in [4.78, 5) is 18.6. The Labute approximate surface area is 242 Å². The number of carboxylic acid groups (broad SMARTS) is 1. The van der Waals surface area contributed by atoms with Crippen molar-refractivity contribution in [2.24, 2.45) is 5.92 Å². The number of anilines is 1. The minimum atomic E-state index is -0.929. The van der Waals surface area contributed by atoms with Gasteiger partial charge in [0.05, 0.1) is 16.9 Å². The zero-order valence-electron chi connectivity index (χ0n) is 23.5. The number of phenolic OH excluding ortho intramolecular Hbond substituents is 1. The lowest BCUT2D eigenvalue weighted by atomic mass is 9.93. The quantitative estimate of drug-likeness (QED) is 0.233. The van der Waals surface area contributed by atoms with Crippen LogP contribution in [0.2, 0.25) is 0 Å². The Morgan fingerprint density at radius 2 is 1.83 bits per heavy atom. The number of para-hydroxylation sites is 1. The first-order valence-corrected chi connectivity index (χ1v) is 14.4. The normalized spacial score (nSPS) is 17.8. The van der Waals surface area contributed by atoms with E-state index in [4.69, 9.17) is 4.52 Å². The Morgan fingerprint density at radius 1 is 1.00 bits per heavy atom. The van der Waals surface area contributed by atoms with Crippen LogP contribution in [0.5, 0.6) is 5.75 Å². The first kappa shape index (κ1) is 26.2. The van der Waals surface area contributed by atoms with Gasteiger partial charge in [0, 0.05) is 54.3 Å². The first-order chi connectivity index (χ1) is 20.4. The molecule has 1 aromatic carbocycles. The standard InChI is InChI=1S/C32H32N6O4/c1-18(2)31(32(40)41)30-16-25(36-42-30)24-13-21(9-11-33-24)37-12-10-19(17-37)27-15-26-28(38(27)20-7-8-20)14-23(34-35-26)22-5-3-4-6-29(22)39/h3-6,9,11,13-16,18-20,31,39H,7-8,10,12,17H2,1-2H3,(H,40,41)/t19-,31?/m1/s1. The van der Waals surface area contributed by atoms with E-state index in [0.717, 1.165) is 49.1 Å². The molecule has 10 nitrogen and oxygen atoms in total. The molecule has 42 heavy (non-hydrogen) atoms. The van der Waals surface area contributed by atoms with Crippen LogP contribution in [-0.2, 0) is 4.79 Å². The molecule has 214 valence electrons. The van der Waals surface area contributed by atoms with Crippen LogP contribution < -0.4 is 4.90 Å². The summed E-state index contributed by atoms with van der Waals surface area (Å²) in [7, 11) is 0. The molecule has 5 heterocycles. The van der Waals surface area contributed by atoms with Gasteiger partial charge in [-0.3, -0.25) is 9.78 Å². The summed E-state index contributed by atoms with van der Waals surface area (Å²) in [5.41, 5.74) is 6.80. The Balaban J connectivity index is 1.16. The van der Waals surface area contributed by atoms with Gasteiger partial charge in [-0.15, -0.1) is 10.2 Å². The predicted octanol–water partition coefficient (Wildman–Crippen LogP) is 6.01. The fourth-order valence-electron chi connectivity index (χ4n) is 6.20. The highest BCUT2D eigenvalue weighted by Gasteiger charge is 2.34. The molecule has 0 amide bonds. The molecule has 0 bridgehead atoms. The second kappa shape index (κ2) is 10.3. The maximum Gasteiger partial charge on any atom is 0.314 e. The number of carboxylic acids is 1. The van der Waals surface area contributed by atoms with E-state index in [9.17, 15) is 15.0 Å². The van der Waals surface area contributed by atoms with Gasteiger partial charge in [0.15, 0.2) is 5.76 Å². The lowest BCUT2D eigenvalue weighted by Gasteiger charge is -2.20. The van der Waals surface area contributed by atoms with Crippen LogP contribution in [0.4, 0.5) is 5.69 Å². The van der Waals surface area contributed by atoms with Gasteiger partial charge in [0.25, 0.3) is 0 Å². The lowest BCUT2D eigenvalue weighted by molar-refractivity contribution is -0.140. The Bertz CT molecular complexity index is 1790. The van der Waals surface area contributed by atoms with E-state index >= 15 is 0 Å². The molecule has 0 radical (unpaired) electrons. The highest BCUT2D eigenvalue weighted by molar-refractivity contribution is 5.82. The number of aromatic nitrogens is 5. The molecule has 1 aliphatic carbocycles. The fourth-order valence-corrected chi connectivity index (χ4v) is 6.20. The van der Waals surface area contributed by atoms with E-state index in [-0.39, 0.29) is 11.7 Å². The number of pyridine rings is 1. The molecule has 2 N–H and O–H groups in total. The molecule has 2 fully saturated rings. The third kappa shape index (κ3) is 4.66. The van der Waals surface area contributed by atoms with Crippen molar-refractivity contribution in [3.63, 3.8) is 0 Å². The molecular weight excluding hydrogens is 532 g/mol. The third-order valence-corrected chi connectivity index (χ3v) is 8.46. The van der Waals surface area contributed by atoms with E-state index in [0.29, 0.717) is 40.4 Å². The van der Waals surface area contributed by atoms with Gasteiger partial charge in [-0.05, 0) is 61.6 Å². The van der Waals surface area contributed by atoms with Crippen molar-refractivity contribution in [1.29, 1.82) is 0 Å². The van der Waals surface area contributed by atoms with E-state index in [1.165, 1.54) is 5.69 Å². The summed E-state index contributed by atoms with van der Waals surface area (Å²) in [5.74, 6) is -0.956. The van der Waals surface area contributed by atoms with Crippen LogP contribution in [0.3, 0.4) is 0 Å². The number of nitrogens with zero attached hydrogens (tertiary/aromatic N) is 6. The molecule has 7 rings (SSSR count).